The van der Waals surface area contributed by atoms with Gasteiger partial charge in [0.1, 0.15) is 0 Å². The van der Waals surface area contributed by atoms with Crippen LogP contribution in [-0.2, 0) is 24.0 Å². The molecule has 0 spiro atoms. The quantitative estimate of drug-likeness (QED) is 0.0181. The van der Waals surface area contributed by atoms with Crippen LogP contribution in [0.15, 0.2) is 25.0 Å². The van der Waals surface area contributed by atoms with Crippen molar-refractivity contribution >= 4 is 59.1 Å². The molecule has 23 N–H and O–H groups in total. The largest absolute Gasteiger partial charge is 0.481 e. The number of Topliss-reactive ketones (excluding diaryl/α,β-unsaturated/α-hetero) is 2. The van der Waals surface area contributed by atoms with Crippen LogP contribution in [0.25, 0.3) is 0 Å². The van der Waals surface area contributed by atoms with Crippen molar-refractivity contribution in [2.24, 2.45) is 100 Å². The first-order valence-electron chi connectivity index (χ1n) is 18.5. The molecule has 0 aliphatic heterocycles. The predicted molar refractivity (Wildman–Crippen MR) is 216 cm³/mol. The molecule has 23 nitrogen and oxygen atoms in total. The number of nitrogens with one attached hydrogen (secondary N) is 2. The number of nitrogens with two attached hydrogens (primary N) is 10. The van der Waals surface area contributed by atoms with Gasteiger partial charge in [0, 0.05) is 57.4 Å². The fraction of sp³-hybridized carbons (Fsp3) is 0.697. The van der Waals surface area contributed by atoms with E-state index in [1.54, 1.807) is 6.92 Å². The number of guanidine groups is 5. The molecule has 318 valence electrons. The van der Waals surface area contributed by atoms with Crippen molar-refractivity contribution in [3.8, 4) is 0 Å². The number of amides is 2. The SMILES string of the molecule is C[C@@H](CCCN=C(N)N)C(=O)N[C@@H](CCCN=C(N)N)C(=O)C[C@@H](CCCN=C(N)N)C(=O)N[C@@H](CCCN=C(N)N)C(=O)C[C@@H](CCCN=C(N)N)C(=O)O. The number of aliphatic carboxylic acids is 1. The highest BCUT2D eigenvalue weighted by Gasteiger charge is 2.32. The highest BCUT2D eigenvalue weighted by atomic mass is 16.4. The van der Waals surface area contributed by atoms with E-state index in [2.05, 4.69) is 35.6 Å². The van der Waals surface area contributed by atoms with Gasteiger partial charge in [-0.3, -0.25) is 48.9 Å². The van der Waals surface area contributed by atoms with Crippen LogP contribution in [0, 0.1) is 17.8 Å². The molecule has 0 saturated carbocycles. The molecular weight excluding hydrogens is 730 g/mol. The maximum absolute atomic E-state index is 14.0. The van der Waals surface area contributed by atoms with Crippen molar-refractivity contribution in [3.63, 3.8) is 0 Å². The molecule has 0 unspecified atom stereocenters. The number of hydrogen-bond acceptors (Lipinski definition) is 10. The Kier molecular flexibility index (Phi) is 25.5. The normalized spacial score (nSPS) is 13.3. The van der Waals surface area contributed by atoms with E-state index < -0.39 is 59.7 Å². The van der Waals surface area contributed by atoms with E-state index >= 15 is 0 Å². The lowest BCUT2D eigenvalue weighted by molar-refractivity contribution is -0.144. The molecule has 0 aliphatic carbocycles. The Labute approximate surface area is 327 Å². The average molecular weight is 796 g/mol. The Hall–Kier alpha value is -5.90. The maximum Gasteiger partial charge on any atom is 0.306 e. The molecule has 2 amide bonds. The van der Waals surface area contributed by atoms with Crippen molar-refractivity contribution < 1.29 is 29.1 Å². The van der Waals surface area contributed by atoms with Gasteiger partial charge in [0.25, 0.3) is 0 Å². The van der Waals surface area contributed by atoms with Crippen molar-refractivity contribution in [1.82, 2.24) is 10.6 Å². The molecule has 0 aliphatic rings. The standard InChI is InChI=1S/C33H65N17O6/c1-19(7-2-12-44-29(34)35)26(53)49-22(10-5-15-47-32(40)41)24(51)17-20(8-3-13-45-30(36)37)27(54)50-23(11-6-16-48-33(42)43)25(52)18-21(28(55)56)9-4-14-46-31(38)39/h19-23H,2-18H2,1H3,(H,49,53)(H,50,54)(H,55,56)(H4,34,35,44)(H4,36,37,45)(H4,38,39,46)(H4,40,41,47)(H4,42,43,48)/t19-,20+,21+,22-,23-/m0/s1. The molecule has 0 aromatic heterocycles. The number of hydrogen-bond donors (Lipinski definition) is 13. The Bertz CT molecular complexity index is 1400. The van der Waals surface area contributed by atoms with E-state index in [9.17, 15) is 29.1 Å². The van der Waals surface area contributed by atoms with E-state index in [1.807, 2.05) is 0 Å². The first kappa shape index (κ1) is 50.1. The summed E-state index contributed by atoms with van der Waals surface area (Å²) in [6.45, 7) is 2.67. The number of ketones is 2. The van der Waals surface area contributed by atoms with Gasteiger partial charge in [0.2, 0.25) is 11.8 Å². The molecule has 0 aromatic carbocycles. The van der Waals surface area contributed by atoms with Crippen LogP contribution >= 0.6 is 0 Å². The Morgan fingerprint density at radius 2 is 0.768 bits per heavy atom. The summed E-state index contributed by atoms with van der Waals surface area (Å²) in [6, 6.07) is -2.14. The summed E-state index contributed by atoms with van der Waals surface area (Å²) in [6.07, 6.45) is 1.87. The molecular formula is C33H65N17O6. The molecule has 0 bridgehead atoms. The lowest BCUT2D eigenvalue weighted by atomic mass is 9.89. The highest BCUT2D eigenvalue weighted by Crippen LogP contribution is 2.20. The minimum atomic E-state index is -1.20. The van der Waals surface area contributed by atoms with Gasteiger partial charge in [0.15, 0.2) is 41.4 Å². The summed E-state index contributed by atoms with van der Waals surface area (Å²) in [5.74, 6) is -6.44. The van der Waals surface area contributed by atoms with Gasteiger partial charge in [-0.1, -0.05) is 6.92 Å². The van der Waals surface area contributed by atoms with Crippen molar-refractivity contribution in [1.29, 1.82) is 0 Å². The molecule has 0 fully saturated rings. The second-order valence-corrected chi connectivity index (χ2v) is 13.3. The Morgan fingerprint density at radius 1 is 0.464 bits per heavy atom. The lowest BCUT2D eigenvalue weighted by Gasteiger charge is -2.25. The minimum Gasteiger partial charge on any atom is -0.481 e. The van der Waals surface area contributed by atoms with Gasteiger partial charge in [-0.05, 0) is 64.2 Å². The highest BCUT2D eigenvalue weighted by molar-refractivity contribution is 5.95. The molecule has 0 heterocycles. The lowest BCUT2D eigenvalue weighted by Crippen LogP contribution is -2.47. The van der Waals surface area contributed by atoms with Crippen LogP contribution in [0.2, 0.25) is 0 Å². The van der Waals surface area contributed by atoms with E-state index in [0.29, 0.717) is 32.2 Å². The summed E-state index contributed by atoms with van der Waals surface area (Å²) >= 11 is 0. The predicted octanol–water partition coefficient (Wildman–Crippen LogP) is -3.90. The van der Waals surface area contributed by atoms with Crippen molar-refractivity contribution in [2.45, 2.75) is 96.1 Å². The number of rotatable bonds is 31. The monoisotopic (exact) mass is 796 g/mol. The van der Waals surface area contributed by atoms with Crippen LogP contribution < -0.4 is 68.0 Å². The Morgan fingerprint density at radius 3 is 1.12 bits per heavy atom. The molecule has 0 aromatic rings. The van der Waals surface area contributed by atoms with Crippen molar-refractivity contribution in [3.05, 3.63) is 0 Å². The zero-order chi connectivity index (χ0) is 42.6. The molecule has 56 heavy (non-hydrogen) atoms. The zero-order valence-electron chi connectivity index (χ0n) is 32.4. The third-order valence-electron chi connectivity index (χ3n) is 8.46. The fourth-order valence-corrected chi connectivity index (χ4v) is 5.48. The maximum atomic E-state index is 14.0. The van der Waals surface area contributed by atoms with E-state index in [4.69, 9.17) is 57.3 Å². The van der Waals surface area contributed by atoms with Crippen LogP contribution in [0.3, 0.4) is 0 Å². The summed E-state index contributed by atoms with van der Waals surface area (Å²) in [7, 11) is 0. The topological polar surface area (TPSA) is 452 Å². The van der Waals surface area contributed by atoms with Crippen molar-refractivity contribution in [2.75, 3.05) is 32.7 Å². The number of carboxylic acid groups (broad SMARTS) is 1. The second-order valence-electron chi connectivity index (χ2n) is 13.3. The third kappa shape index (κ3) is 25.2. The van der Waals surface area contributed by atoms with Gasteiger partial charge >= 0.3 is 5.97 Å². The number of aliphatic imine (C=N–C) groups is 5. The molecule has 23 heteroatoms. The van der Waals surface area contributed by atoms with Crippen LogP contribution in [-0.4, -0.2) is 109 Å². The van der Waals surface area contributed by atoms with E-state index in [0.717, 1.165) is 0 Å². The van der Waals surface area contributed by atoms with E-state index in [1.165, 1.54) is 0 Å². The summed E-state index contributed by atoms with van der Waals surface area (Å²) in [5.41, 5.74) is 54.1. The molecule has 0 saturated heterocycles. The second kappa shape index (κ2) is 28.5. The number of carbonyl (C=O) groups excluding carboxylic acids is 4. The summed E-state index contributed by atoms with van der Waals surface area (Å²) in [5, 5.41) is 15.4. The first-order valence-corrected chi connectivity index (χ1v) is 18.5. The van der Waals surface area contributed by atoms with Crippen LogP contribution in [0.4, 0.5) is 0 Å². The van der Waals surface area contributed by atoms with Gasteiger partial charge in [-0.2, -0.15) is 0 Å². The molecule has 0 radical (unpaired) electrons. The summed E-state index contributed by atoms with van der Waals surface area (Å²) < 4.78 is 0. The first-order chi connectivity index (χ1) is 26.3. The van der Waals surface area contributed by atoms with Crippen LogP contribution in [0.1, 0.15) is 84.0 Å². The Balaban J connectivity index is 6.33. The number of carbonyl (C=O) groups is 5. The summed E-state index contributed by atoms with van der Waals surface area (Å²) in [4.78, 5) is 86.3. The van der Waals surface area contributed by atoms with Gasteiger partial charge in [0.05, 0.1) is 18.0 Å². The fourth-order valence-electron chi connectivity index (χ4n) is 5.48. The third-order valence-corrected chi connectivity index (χ3v) is 8.46. The molecule has 0 rings (SSSR count). The smallest absolute Gasteiger partial charge is 0.306 e. The van der Waals surface area contributed by atoms with Crippen LogP contribution in [0.5, 0.6) is 0 Å². The number of carboxylic acids is 1. The zero-order valence-corrected chi connectivity index (χ0v) is 32.4. The van der Waals surface area contributed by atoms with Gasteiger partial charge in [-0.25, -0.2) is 0 Å². The number of nitrogens with zero attached hydrogens (tertiary/aromatic N) is 5. The van der Waals surface area contributed by atoms with E-state index in [-0.39, 0.29) is 107 Å². The average Bonchev–Trinajstić information content (AvgIpc) is 3.10. The van der Waals surface area contributed by atoms with Gasteiger partial charge in [-0.15, -0.1) is 0 Å². The minimum absolute atomic E-state index is 0.0625. The van der Waals surface area contributed by atoms with Gasteiger partial charge < -0.3 is 73.1 Å². The molecule has 5 atom stereocenters.